The molecule has 5 nitrogen and oxygen atoms in total. The molecule has 0 unspecified atom stereocenters. The first-order valence-electron chi connectivity index (χ1n) is 9.25. The van der Waals surface area contributed by atoms with Crippen LogP contribution in [0.3, 0.4) is 0 Å². The van der Waals surface area contributed by atoms with E-state index in [4.69, 9.17) is 27.9 Å². The largest absolute Gasteiger partial charge is 0.379 e. The second-order valence-electron chi connectivity index (χ2n) is 6.82. The van der Waals surface area contributed by atoms with Crippen LogP contribution in [0.15, 0.2) is 48.7 Å². The van der Waals surface area contributed by atoms with Crippen LogP contribution >= 0.6 is 23.2 Å². The van der Waals surface area contributed by atoms with E-state index in [0.717, 1.165) is 56.0 Å². The lowest BCUT2D eigenvalue weighted by Crippen LogP contribution is -2.38. The Balaban J connectivity index is 1.45. The zero-order chi connectivity index (χ0) is 19.5. The molecule has 1 amide bonds. The van der Waals surface area contributed by atoms with Crippen LogP contribution in [-0.4, -0.2) is 48.2 Å². The van der Waals surface area contributed by atoms with E-state index < -0.39 is 0 Å². The predicted octanol–water partition coefficient (Wildman–Crippen LogP) is 4.53. The Morgan fingerprint density at radius 3 is 2.64 bits per heavy atom. The van der Waals surface area contributed by atoms with Gasteiger partial charge in [-0.25, -0.2) is 0 Å². The van der Waals surface area contributed by atoms with Gasteiger partial charge < -0.3 is 14.6 Å². The molecule has 2 heterocycles. The van der Waals surface area contributed by atoms with Crippen molar-refractivity contribution in [1.29, 1.82) is 0 Å². The Morgan fingerprint density at radius 1 is 1.04 bits per heavy atom. The summed E-state index contributed by atoms with van der Waals surface area (Å²) in [5.74, 6) is -0.257. The number of halogens is 2. The monoisotopic (exact) mass is 417 g/mol. The number of nitrogens with one attached hydrogen (secondary N) is 1. The molecule has 28 heavy (non-hydrogen) atoms. The zero-order valence-corrected chi connectivity index (χ0v) is 16.8. The summed E-state index contributed by atoms with van der Waals surface area (Å²) in [6.07, 6.45) is 2.09. The summed E-state index contributed by atoms with van der Waals surface area (Å²) < 4.78 is 7.64. The van der Waals surface area contributed by atoms with Gasteiger partial charge in [0, 0.05) is 54.0 Å². The van der Waals surface area contributed by atoms with Crippen LogP contribution in [-0.2, 0) is 11.3 Å². The number of carbonyl (C=O) groups is 1. The summed E-state index contributed by atoms with van der Waals surface area (Å²) in [7, 11) is 0. The molecular formula is C21H21Cl2N3O2. The molecule has 1 saturated heterocycles. The van der Waals surface area contributed by atoms with E-state index in [-0.39, 0.29) is 5.91 Å². The quantitative estimate of drug-likeness (QED) is 0.662. The molecule has 1 aliphatic heterocycles. The van der Waals surface area contributed by atoms with Crippen molar-refractivity contribution in [1.82, 2.24) is 9.47 Å². The number of benzene rings is 2. The Morgan fingerprint density at radius 2 is 1.86 bits per heavy atom. The van der Waals surface area contributed by atoms with E-state index in [2.05, 4.69) is 27.0 Å². The number of rotatable bonds is 5. The number of nitrogens with zero attached hydrogens (tertiary/aromatic N) is 2. The maximum Gasteiger partial charge on any atom is 0.257 e. The SMILES string of the molecule is O=C(Nc1ccc2c(ccn2CCN2CCOCC2)c1)c1ccc(Cl)cc1Cl. The molecule has 7 heteroatoms. The fourth-order valence-electron chi connectivity index (χ4n) is 3.42. The van der Waals surface area contributed by atoms with E-state index in [1.807, 2.05) is 18.2 Å². The van der Waals surface area contributed by atoms with E-state index in [9.17, 15) is 4.79 Å². The third-order valence-corrected chi connectivity index (χ3v) is 5.51. The molecule has 1 aromatic heterocycles. The van der Waals surface area contributed by atoms with Crippen LogP contribution in [0.25, 0.3) is 10.9 Å². The van der Waals surface area contributed by atoms with Crippen LogP contribution in [0.2, 0.25) is 10.0 Å². The van der Waals surface area contributed by atoms with Crippen molar-refractivity contribution in [2.24, 2.45) is 0 Å². The van der Waals surface area contributed by atoms with Gasteiger partial charge in [-0.1, -0.05) is 23.2 Å². The van der Waals surface area contributed by atoms with Gasteiger partial charge in [0.25, 0.3) is 5.91 Å². The average Bonchev–Trinajstić information content (AvgIpc) is 3.09. The zero-order valence-electron chi connectivity index (χ0n) is 15.3. The normalized spacial score (nSPS) is 15.1. The van der Waals surface area contributed by atoms with Gasteiger partial charge in [0.15, 0.2) is 0 Å². The van der Waals surface area contributed by atoms with Gasteiger partial charge >= 0.3 is 0 Å². The first-order chi connectivity index (χ1) is 13.6. The van der Waals surface area contributed by atoms with Gasteiger partial charge in [0.2, 0.25) is 0 Å². The average molecular weight is 418 g/mol. The lowest BCUT2D eigenvalue weighted by atomic mass is 10.2. The highest BCUT2D eigenvalue weighted by Gasteiger charge is 2.13. The second kappa shape index (κ2) is 8.53. The van der Waals surface area contributed by atoms with Crippen LogP contribution < -0.4 is 5.32 Å². The van der Waals surface area contributed by atoms with Gasteiger partial charge in [-0.2, -0.15) is 0 Å². The van der Waals surface area contributed by atoms with Crippen LogP contribution in [0.1, 0.15) is 10.4 Å². The second-order valence-corrected chi connectivity index (χ2v) is 7.66. The molecule has 0 radical (unpaired) electrons. The van der Waals surface area contributed by atoms with Crippen molar-refractivity contribution in [2.75, 3.05) is 38.2 Å². The maximum atomic E-state index is 12.5. The number of amides is 1. The molecule has 0 saturated carbocycles. The number of fused-ring (bicyclic) bond motifs is 1. The highest BCUT2D eigenvalue weighted by atomic mass is 35.5. The smallest absolute Gasteiger partial charge is 0.257 e. The van der Waals surface area contributed by atoms with Crippen molar-refractivity contribution in [3.05, 3.63) is 64.3 Å². The van der Waals surface area contributed by atoms with Crippen molar-refractivity contribution in [2.45, 2.75) is 6.54 Å². The molecule has 0 bridgehead atoms. The van der Waals surface area contributed by atoms with Gasteiger partial charge in [-0.3, -0.25) is 9.69 Å². The molecule has 3 aromatic rings. The third-order valence-electron chi connectivity index (χ3n) is 4.97. The number of hydrogen-bond donors (Lipinski definition) is 1. The molecule has 1 N–H and O–H groups in total. The predicted molar refractivity (Wildman–Crippen MR) is 114 cm³/mol. The van der Waals surface area contributed by atoms with Gasteiger partial charge in [-0.15, -0.1) is 0 Å². The summed E-state index contributed by atoms with van der Waals surface area (Å²) in [6, 6.07) is 12.8. The van der Waals surface area contributed by atoms with E-state index in [1.165, 1.54) is 0 Å². The van der Waals surface area contributed by atoms with E-state index in [1.54, 1.807) is 18.2 Å². The van der Waals surface area contributed by atoms with Crippen LogP contribution in [0, 0.1) is 0 Å². The molecule has 2 aromatic carbocycles. The molecule has 0 spiro atoms. The molecular weight excluding hydrogens is 397 g/mol. The highest BCUT2D eigenvalue weighted by molar-refractivity contribution is 6.37. The minimum atomic E-state index is -0.257. The van der Waals surface area contributed by atoms with Crippen molar-refractivity contribution >= 4 is 45.7 Å². The lowest BCUT2D eigenvalue weighted by molar-refractivity contribution is 0.0365. The van der Waals surface area contributed by atoms with Gasteiger partial charge in [0.1, 0.15) is 0 Å². The lowest BCUT2D eigenvalue weighted by Gasteiger charge is -2.26. The standard InChI is InChI=1S/C21H21Cl2N3O2/c22-16-1-3-18(19(23)14-16)21(27)24-17-2-4-20-15(13-17)5-6-26(20)8-7-25-9-11-28-12-10-25/h1-6,13-14H,7-12H2,(H,24,27). The van der Waals surface area contributed by atoms with Gasteiger partial charge in [0.05, 0.1) is 23.8 Å². The summed E-state index contributed by atoms with van der Waals surface area (Å²) >= 11 is 12.0. The third kappa shape index (κ3) is 4.33. The van der Waals surface area contributed by atoms with Gasteiger partial charge in [-0.05, 0) is 42.5 Å². The summed E-state index contributed by atoms with van der Waals surface area (Å²) in [4.78, 5) is 14.9. The van der Waals surface area contributed by atoms with Crippen molar-refractivity contribution in [3.8, 4) is 0 Å². The Bertz CT molecular complexity index is 996. The summed E-state index contributed by atoms with van der Waals surface area (Å²) in [5.41, 5.74) is 2.28. The number of carbonyl (C=O) groups excluding carboxylic acids is 1. The number of aromatic nitrogens is 1. The molecule has 4 rings (SSSR count). The van der Waals surface area contributed by atoms with Crippen molar-refractivity contribution < 1.29 is 9.53 Å². The molecule has 1 fully saturated rings. The number of ether oxygens (including phenoxy) is 1. The van der Waals surface area contributed by atoms with Crippen LogP contribution in [0.4, 0.5) is 5.69 Å². The molecule has 146 valence electrons. The molecule has 0 atom stereocenters. The maximum absolute atomic E-state index is 12.5. The molecule has 0 aliphatic carbocycles. The fraction of sp³-hybridized carbons (Fsp3) is 0.286. The van der Waals surface area contributed by atoms with Crippen LogP contribution in [0.5, 0.6) is 0 Å². The first kappa shape index (κ1) is 19.3. The minimum Gasteiger partial charge on any atom is -0.379 e. The van der Waals surface area contributed by atoms with E-state index >= 15 is 0 Å². The Kier molecular flexibility index (Phi) is 5.87. The number of morpholine rings is 1. The summed E-state index contributed by atoms with van der Waals surface area (Å²) in [6.45, 7) is 5.53. The molecule has 1 aliphatic rings. The Hall–Kier alpha value is -2.05. The van der Waals surface area contributed by atoms with Crippen molar-refractivity contribution in [3.63, 3.8) is 0 Å². The first-order valence-corrected chi connectivity index (χ1v) is 10.0. The number of anilines is 1. The number of hydrogen-bond acceptors (Lipinski definition) is 3. The summed E-state index contributed by atoms with van der Waals surface area (Å²) in [5, 5.41) is 4.83. The van der Waals surface area contributed by atoms with E-state index in [0.29, 0.717) is 15.6 Å². The minimum absolute atomic E-state index is 0.257. The fourth-order valence-corrected chi connectivity index (χ4v) is 3.91. The Labute approximate surface area is 173 Å². The topological polar surface area (TPSA) is 46.5 Å². The highest BCUT2D eigenvalue weighted by Crippen LogP contribution is 2.24.